The van der Waals surface area contributed by atoms with Crippen LogP contribution in [0.2, 0.25) is 0 Å². The first kappa shape index (κ1) is 13.8. The van der Waals surface area contributed by atoms with Gasteiger partial charge in [-0.05, 0) is 39.3 Å². The summed E-state index contributed by atoms with van der Waals surface area (Å²) in [5.41, 5.74) is 0. The van der Waals surface area contributed by atoms with Crippen LogP contribution in [0.4, 0.5) is 0 Å². The van der Waals surface area contributed by atoms with Crippen LogP contribution in [-0.4, -0.2) is 54.1 Å². The Morgan fingerprint density at radius 1 is 1.39 bits per heavy atom. The number of carbonyl (C=O) groups is 1. The quantitative estimate of drug-likeness (QED) is 0.823. The predicted octanol–water partition coefficient (Wildman–Crippen LogP) is 1.27. The van der Waals surface area contributed by atoms with Gasteiger partial charge in [-0.15, -0.1) is 0 Å². The molecule has 2 aliphatic rings. The number of rotatable bonds is 3. The number of hydrogen-bond acceptors (Lipinski definition) is 3. The van der Waals surface area contributed by atoms with E-state index < -0.39 is 0 Å². The van der Waals surface area contributed by atoms with Crippen LogP contribution in [0.5, 0.6) is 0 Å². The van der Waals surface area contributed by atoms with Crippen molar-refractivity contribution < 1.29 is 4.79 Å². The van der Waals surface area contributed by atoms with Gasteiger partial charge in [0, 0.05) is 12.6 Å². The van der Waals surface area contributed by atoms with Crippen molar-refractivity contribution in [1.82, 2.24) is 15.1 Å². The molecular weight excluding hydrogens is 226 g/mol. The number of carbonyl (C=O) groups excluding carboxylic acids is 1. The molecule has 0 spiro atoms. The summed E-state index contributed by atoms with van der Waals surface area (Å²) >= 11 is 0. The Hall–Kier alpha value is -0.610. The summed E-state index contributed by atoms with van der Waals surface area (Å²) in [4.78, 5) is 17.0. The summed E-state index contributed by atoms with van der Waals surface area (Å²) in [7, 11) is 2.17. The van der Waals surface area contributed by atoms with E-state index in [1.165, 1.54) is 0 Å². The minimum absolute atomic E-state index is 0.0526. The third-order valence-corrected chi connectivity index (χ3v) is 4.41. The third kappa shape index (κ3) is 2.54. The molecule has 2 aliphatic heterocycles. The summed E-state index contributed by atoms with van der Waals surface area (Å²) in [6, 6.07) is 0.468. The number of piperidine rings is 1. The first-order valence-electron chi connectivity index (χ1n) is 7.31. The van der Waals surface area contributed by atoms with Gasteiger partial charge in [-0.1, -0.05) is 20.3 Å². The molecule has 2 fully saturated rings. The highest BCUT2D eigenvalue weighted by Gasteiger charge is 2.42. The standard InChI is InChI=1S/C14H27N3O/c1-5-6-12-14(18)17(11(3)15-12)13-7-8-16(4)9-10(13)2/h10-13,15H,5-9H2,1-4H3. The van der Waals surface area contributed by atoms with E-state index in [1.807, 2.05) is 0 Å². The van der Waals surface area contributed by atoms with E-state index in [2.05, 4.69) is 42.9 Å². The zero-order valence-electron chi connectivity index (χ0n) is 12.1. The second-order valence-electron chi connectivity index (χ2n) is 6.02. The van der Waals surface area contributed by atoms with Crippen molar-refractivity contribution >= 4 is 5.91 Å². The molecule has 0 radical (unpaired) electrons. The van der Waals surface area contributed by atoms with E-state index in [9.17, 15) is 4.79 Å². The second kappa shape index (κ2) is 5.57. The summed E-state index contributed by atoms with van der Waals surface area (Å²) < 4.78 is 0. The van der Waals surface area contributed by atoms with Crippen LogP contribution >= 0.6 is 0 Å². The van der Waals surface area contributed by atoms with Crippen LogP contribution in [0.1, 0.15) is 40.0 Å². The van der Waals surface area contributed by atoms with E-state index in [1.54, 1.807) is 0 Å². The van der Waals surface area contributed by atoms with E-state index in [4.69, 9.17) is 0 Å². The maximum atomic E-state index is 12.5. The number of hydrogen-bond donors (Lipinski definition) is 1. The van der Waals surface area contributed by atoms with Crippen molar-refractivity contribution in [2.45, 2.75) is 58.3 Å². The first-order valence-corrected chi connectivity index (χ1v) is 7.31. The fraction of sp³-hybridized carbons (Fsp3) is 0.929. The molecule has 2 heterocycles. The largest absolute Gasteiger partial charge is 0.323 e. The maximum Gasteiger partial charge on any atom is 0.241 e. The summed E-state index contributed by atoms with van der Waals surface area (Å²) in [6.45, 7) is 8.73. The predicted molar refractivity (Wildman–Crippen MR) is 73.2 cm³/mol. The van der Waals surface area contributed by atoms with Gasteiger partial charge in [0.05, 0.1) is 12.2 Å². The lowest BCUT2D eigenvalue weighted by molar-refractivity contribution is -0.134. The average molecular weight is 253 g/mol. The molecule has 2 saturated heterocycles. The van der Waals surface area contributed by atoms with Crippen LogP contribution in [-0.2, 0) is 4.79 Å². The van der Waals surface area contributed by atoms with Gasteiger partial charge in [-0.25, -0.2) is 0 Å². The molecule has 18 heavy (non-hydrogen) atoms. The van der Waals surface area contributed by atoms with Gasteiger partial charge in [0.1, 0.15) is 0 Å². The van der Waals surface area contributed by atoms with Crippen molar-refractivity contribution in [2.75, 3.05) is 20.1 Å². The van der Waals surface area contributed by atoms with Crippen LogP contribution in [0, 0.1) is 5.92 Å². The molecule has 0 saturated carbocycles. The van der Waals surface area contributed by atoms with Crippen LogP contribution < -0.4 is 5.32 Å². The minimum atomic E-state index is 0.0526. The van der Waals surface area contributed by atoms with Gasteiger partial charge in [0.2, 0.25) is 5.91 Å². The Morgan fingerprint density at radius 2 is 2.11 bits per heavy atom. The third-order valence-electron chi connectivity index (χ3n) is 4.41. The molecule has 4 nitrogen and oxygen atoms in total. The Labute approximate surface area is 111 Å². The second-order valence-corrected chi connectivity index (χ2v) is 6.02. The molecule has 0 aromatic rings. The van der Waals surface area contributed by atoms with Crippen LogP contribution in [0.3, 0.4) is 0 Å². The van der Waals surface area contributed by atoms with Gasteiger partial charge >= 0.3 is 0 Å². The van der Waals surface area contributed by atoms with Gasteiger partial charge in [0.15, 0.2) is 0 Å². The fourth-order valence-corrected chi connectivity index (χ4v) is 3.51. The van der Waals surface area contributed by atoms with Crippen molar-refractivity contribution in [1.29, 1.82) is 0 Å². The summed E-state index contributed by atoms with van der Waals surface area (Å²) in [5, 5.41) is 3.45. The number of amides is 1. The molecule has 1 amide bonds. The highest BCUT2D eigenvalue weighted by molar-refractivity contribution is 5.84. The van der Waals surface area contributed by atoms with Crippen molar-refractivity contribution in [3.05, 3.63) is 0 Å². The molecule has 4 atom stereocenters. The Kier molecular flexibility index (Phi) is 4.28. The number of nitrogens with one attached hydrogen (secondary N) is 1. The Balaban J connectivity index is 2.06. The lowest BCUT2D eigenvalue weighted by atomic mass is 9.92. The molecule has 4 unspecified atom stereocenters. The van der Waals surface area contributed by atoms with Crippen molar-refractivity contribution in [2.24, 2.45) is 5.92 Å². The van der Waals surface area contributed by atoms with Crippen LogP contribution in [0.15, 0.2) is 0 Å². The molecule has 0 aromatic carbocycles. The van der Waals surface area contributed by atoms with E-state index in [-0.39, 0.29) is 12.2 Å². The van der Waals surface area contributed by atoms with Gasteiger partial charge in [-0.3, -0.25) is 10.1 Å². The summed E-state index contributed by atoms with van der Waals surface area (Å²) in [6.07, 6.45) is 3.33. The summed E-state index contributed by atoms with van der Waals surface area (Å²) in [5.74, 6) is 0.892. The molecule has 0 aromatic heterocycles. The molecule has 0 aliphatic carbocycles. The van der Waals surface area contributed by atoms with E-state index >= 15 is 0 Å². The lowest BCUT2D eigenvalue weighted by Crippen LogP contribution is -2.52. The van der Waals surface area contributed by atoms with Gasteiger partial charge in [0.25, 0.3) is 0 Å². The molecule has 104 valence electrons. The maximum absolute atomic E-state index is 12.5. The number of likely N-dealkylation sites (tertiary alicyclic amines) is 1. The zero-order valence-corrected chi connectivity index (χ0v) is 12.1. The Bertz CT molecular complexity index is 307. The molecule has 4 heteroatoms. The minimum Gasteiger partial charge on any atom is -0.323 e. The first-order chi connectivity index (χ1) is 8.54. The Morgan fingerprint density at radius 3 is 2.72 bits per heavy atom. The molecule has 2 rings (SSSR count). The SMILES string of the molecule is CCCC1NC(C)N(C2CCN(C)CC2C)C1=O. The molecule has 1 N–H and O–H groups in total. The molecule has 0 bridgehead atoms. The van der Waals surface area contributed by atoms with Gasteiger partial charge in [-0.2, -0.15) is 0 Å². The smallest absolute Gasteiger partial charge is 0.241 e. The van der Waals surface area contributed by atoms with Crippen LogP contribution in [0.25, 0.3) is 0 Å². The monoisotopic (exact) mass is 253 g/mol. The van der Waals surface area contributed by atoms with Crippen molar-refractivity contribution in [3.63, 3.8) is 0 Å². The van der Waals surface area contributed by atoms with E-state index in [0.29, 0.717) is 17.9 Å². The highest BCUT2D eigenvalue weighted by atomic mass is 16.2. The average Bonchev–Trinajstić information content (AvgIpc) is 2.56. The van der Waals surface area contributed by atoms with Crippen molar-refractivity contribution in [3.8, 4) is 0 Å². The lowest BCUT2D eigenvalue weighted by Gasteiger charge is -2.41. The fourth-order valence-electron chi connectivity index (χ4n) is 3.51. The molecular formula is C14H27N3O. The van der Waals surface area contributed by atoms with E-state index in [0.717, 1.165) is 32.4 Å². The number of nitrogens with zero attached hydrogens (tertiary/aromatic N) is 2. The van der Waals surface area contributed by atoms with Gasteiger partial charge < -0.3 is 9.80 Å². The zero-order chi connectivity index (χ0) is 13.3. The normalized spacial score (nSPS) is 38.4. The highest BCUT2D eigenvalue weighted by Crippen LogP contribution is 2.27. The topological polar surface area (TPSA) is 35.6 Å².